The van der Waals surface area contributed by atoms with Gasteiger partial charge in [0.2, 0.25) is 0 Å². The third-order valence-corrected chi connectivity index (χ3v) is 7.50. The molecule has 0 spiro atoms. The SMILES string of the molecule is CCOc1cc(CN(CCO[C@@H](C)c2ccccc2)C(=O)N[C@]2(C(=O)O)C[C@H](OC)C2)c(Cl)c(OCC)c1C(C)=O. The predicted octanol–water partition coefficient (Wildman–Crippen LogP) is 5.26. The number of hydrogen-bond donors (Lipinski definition) is 2. The minimum Gasteiger partial charge on any atom is -0.493 e. The van der Waals surface area contributed by atoms with Crippen molar-refractivity contribution in [2.45, 2.75) is 64.8 Å². The molecule has 2 aromatic rings. The molecule has 2 amide bonds. The highest BCUT2D eigenvalue weighted by atomic mass is 35.5. The van der Waals surface area contributed by atoms with Crippen molar-refractivity contribution < 1.29 is 38.4 Å². The Hall–Kier alpha value is -3.34. The molecular formula is C30H39ClN2O8. The quantitative estimate of drug-likeness (QED) is 0.269. The highest BCUT2D eigenvalue weighted by molar-refractivity contribution is 6.33. The Balaban J connectivity index is 1.91. The highest BCUT2D eigenvalue weighted by Gasteiger charge is 2.52. The van der Waals surface area contributed by atoms with Crippen LogP contribution in [0, 0.1) is 0 Å². The summed E-state index contributed by atoms with van der Waals surface area (Å²) >= 11 is 6.75. The minimum absolute atomic E-state index is 0.0184. The molecule has 0 unspecified atom stereocenters. The number of aliphatic carboxylic acids is 1. The van der Waals surface area contributed by atoms with E-state index in [2.05, 4.69) is 5.32 Å². The van der Waals surface area contributed by atoms with Crippen molar-refractivity contribution in [2.75, 3.05) is 33.5 Å². The van der Waals surface area contributed by atoms with Crippen molar-refractivity contribution in [3.8, 4) is 11.5 Å². The van der Waals surface area contributed by atoms with Crippen LogP contribution in [-0.4, -0.2) is 72.9 Å². The molecule has 11 heteroatoms. The van der Waals surface area contributed by atoms with Crippen LogP contribution in [0.3, 0.4) is 0 Å². The van der Waals surface area contributed by atoms with Crippen molar-refractivity contribution in [1.29, 1.82) is 0 Å². The number of benzene rings is 2. The van der Waals surface area contributed by atoms with E-state index in [0.29, 0.717) is 17.9 Å². The molecule has 0 aromatic heterocycles. The van der Waals surface area contributed by atoms with Crippen LogP contribution in [0.25, 0.3) is 0 Å². The molecule has 2 N–H and O–H groups in total. The van der Waals surface area contributed by atoms with Gasteiger partial charge in [-0.05, 0) is 44.9 Å². The van der Waals surface area contributed by atoms with Crippen molar-refractivity contribution >= 4 is 29.4 Å². The Kier molecular flexibility index (Phi) is 11.4. The summed E-state index contributed by atoms with van der Waals surface area (Å²) in [6.07, 6.45) is -0.187. The molecule has 0 aliphatic heterocycles. The summed E-state index contributed by atoms with van der Waals surface area (Å²) in [7, 11) is 1.51. The third kappa shape index (κ3) is 7.69. The maximum Gasteiger partial charge on any atom is 0.329 e. The molecular weight excluding hydrogens is 552 g/mol. The number of halogens is 1. The molecule has 0 heterocycles. The topological polar surface area (TPSA) is 124 Å². The van der Waals surface area contributed by atoms with Gasteiger partial charge in [0.1, 0.15) is 16.9 Å². The van der Waals surface area contributed by atoms with Crippen LogP contribution in [0.2, 0.25) is 5.02 Å². The van der Waals surface area contributed by atoms with Crippen LogP contribution in [0.4, 0.5) is 4.79 Å². The first-order valence-electron chi connectivity index (χ1n) is 13.7. The first-order chi connectivity index (χ1) is 19.6. The van der Waals surface area contributed by atoms with Gasteiger partial charge in [-0.15, -0.1) is 0 Å². The zero-order valence-corrected chi connectivity index (χ0v) is 25.0. The van der Waals surface area contributed by atoms with Crippen LogP contribution < -0.4 is 14.8 Å². The first-order valence-corrected chi connectivity index (χ1v) is 14.1. The Bertz CT molecular complexity index is 1220. The smallest absolute Gasteiger partial charge is 0.329 e. The number of carboxylic acid groups (broad SMARTS) is 1. The number of Topliss-reactive ketones (excluding diaryl/α,β-unsaturated/α-hetero) is 1. The van der Waals surface area contributed by atoms with Gasteiger partial charge >= 0.3 is 12.0 Å². The average molecular weight is 591 g/mol. The molecule has 1 aliphatic carbocycles. The molecule has 3 rings (SSSR count). The lowest BCUT2D eigenvalue weighted by atomic mass is 9.74. The molecule has 2 aromatic carbocycles. The van der Waals surface area contributed by atoms with Crippen LogP contribution in [0.5, 0.6) is 11.5 Å². The Morgan fingerprint density at radius 3 is 2.37 bits per heavy atom. The van der Waals surface area contributed by atoms with Crippen molar-refractivity contribution in [2.24, 2.45) is 0 Å². The molecule has 10 nitrogen and oxygen atoms in total. The Morgan fingerprint density at radius 2 is 1.80 bits per heavy atom. The number of carbonyl (C=O) groups is 3. The van der Waals surface area contributed by atoms with Gasteiger partial charge in [0.15, 0.2) is 11.5 Å². The van der Waals surface area contributed by atoms with E-state index in [1.807, 2.05) is 37.3 Å². The normalized spacial score (nSPS) is 18.6. The first kappa shape index (κ1) is 32.2. The number of nitrogens with one attached hydrogen (secondary N) is 1. The van der Waals surface area contributed by atoms with E-state index in [0.717, 1.165) is 5.56 Å². The van der Waals surface area contributed by atoms with E-state index in [4.69, 9.17) is 30.5 Å². The lowest BCUT2D eigenvalue weighted by Gasteiger charge is -2.44. The molecule has 1 atom stereocenters. The summed E-state index contributed by atoms with van der Waals surface area (Å²) in [6, 6.07) is 10.7. The fraction of sp³-hybridized carbons (Fsp3) is 0.500. The summed E-state index contributed by atoms with van der Waals surface area (Å²) in [5.41, 5.74) is 0.244. The van der Waals surface area contributed by atoms with E-state index in [1.54, 1.807) is 19.9 Å². The van der Waals surface area contributed by atoms with Gasteiger partial charge in [-0.2, -0.15) is 0 Å². The summed E-state index contributed by atoms with van der Waals surface area (Å²) in [5.74, 6) is -0.930. The van der Waals surface area contributed by atoms with E-state index < -0.39 is 17.5 Å². The van der Waals surface area contributed by atoms with Crippen molar-refractivity contribution in [3.63, 3.8) is 0 Å². The summed E-state index contributed by atoms with van der Waals surface area (Å²) in [4.78, 5) is 39.7. The number of ketones is 1. The number of amides is 2. The number of ether oxygens (including phenoxy) is 4. The molecule has 41 heavy (non-hydrogen) atoms. The zero-order valence-electron chi connectivity index (χ0n) is 24.2. The number of methoxy groups -OCH3 is 1. The van der Waals surface area contributed by atoms with E-state index in [9.17, 15) is 19.5 Å². The number of carboxylic acids is 1. The van der Waals surface area contributed by atoms with Gasteiger partial charge in [-0.1, -0.05) is 41.9 Å². The monoisotopic (exact) mass is 590 g/mol. The van der Waals surface area contributed by atoms with Gasteiger partial charge in [0.25, 0.3) is 0 Å². The molecule has 0 radical (unpaired) electrons. The number of hydrogen-bond acceptors (Lipinski definition) is 7. The maximum absolute atomic E-state index is 13.6. The molecule has 1 fully saturated rings. The lowest BCUT2D eigenvalue weighted by molar-refractivity contribution is -0.155. The second-order valence-electron chi connectivity index (χ2n) is 9.90. The summed E-state index contributed by atoms with van der Waals surface area (Å²) in [6.45, 7) is 7.72. The van der Waals surface area contributed by atoms with Crippen LogP contribution in [0.1, 0.15) is 68.1 Å². The fourth-order valence-electron chi connectivity index (χ4n) is 4.77. The summed E-state index contributed by atoms with van der Waals surface area (Å²) in [5, 5.41) is 12.8. The number of rotatable bonds is 15. The molecule has 1 aliphatic rings. The van der Waals surface area contributed by atoms with Gasteiger partial charge in [0.05, 0.1) is 37.1 Å². The van der Waals surface area contributed by atoms with E-state index in [-0.39, 0.29) is 73.5 Å². The second-order valence-corrected chi connectivity index (χ2v) is 10.3. The Labute approximate surface area is 245 Å². The molecule has 1 saturated carbocycles. The van der Waals surface area contributed by atoms with E-state index >= 15 is 0 Å². The maximum atomic E-state index is 13.6. The molecule has 0 bridgehead atoms. The minimum atomic E-state index is -1.44. The fourth-order valence-corrected chi connectivity index (χ4v) is 5.04. The number of carbonyl (C=O) groups excluding carboxylic acids is 2. The van der Waals surface area contributed by atoms with Gasteiger partial charge < -0.3 is 34.3 Å². The summed E-state index contributed by atoms with van der Waals surface area (Å²) < 4.78 is 22.8. The number of urea groups is 1. The standard InChI is InChI=1S/C30H39ClN2O8/c1-6-39-24-15-22(26(31)27(40-7-2)25(24)19(3)34)18-33(13-14-41-20(4)21-11-9-8-10-12-21)29(37)32-30(28(35)36)16-23(17-30)38-5/h8-12,15,20,23H,6-7,13-14,16-18H2,1-5H3,(H,32,37)(H,35,36)/t20-,23-,30+/m0/s1. The molecule has 224 valence electrons. The van der Waals surface area contributed by atoms with Gasteiger partial charge in [0, 0.05) is 33.0 Å². The third-order valence-electron chi connectivity index (χ3n) is 7.09. The predicted molar refractivity (Wildman–Crippen MR) is 154 cm³/mol. The molecule has 0 saturated heterocycles. The lowest BCUT2D eigenvalue weighted by Crippen LogP contribution is -2.66. The Morgan fingerprint density at radius 1 is 1.15 bits per heavy atom. The average Bonchev–Trinajstić information content (AvgIpc) is 2.92. The van der Waals surface area contributed by atoms with E-state index in [1.165, 1.54) is 18.9 Å². The van der Waals surface area contributed by atoms with Crippen LogP contribution in [-0.2, 0) is 20.8 Å². The largest absolute Gasteiger partial charge is 0.493 e. The van der Waals surface area contributed by atoms with Crippen molar-refractivity contribution in [3.05, 3.63) is 58.1 Å². The van der Waals surface area contributed by atoms with Gasteiger partial charge in [-0.3, -0.25) is 4.79 Å². The zero-order chi connectivity index (χ0) is 30.2. The van der Waals surface area contributed by atoms with Crippen molar-refractivity contribution in [1.82, 2.24) is 10.2 Å². The highest BCUT2D eigenvalue weighted by Crippen LogP contribution is 2.40. The second kappa shape index (κ2) is 14.5. The van der Waals surface area contributed by atoms with Crippen LogP contribution >= 0.6 is 11.6 Å². The number of nitrogens with zero attached hydrogens (tertiary/aromatic N) is 1. The van der Waals surface area contributed by atoms with Crippen LogP contribution in [0.15, 0.2) is 36.4 Å². The van der Waals surface area contributed by atoms with Gasteiger partial charge in [-0.25, -0.2) is 9.59 Å².